The number of anilines is 1. The fourth-order valence-electron chi connectivity index (χ4n) is 3.78. The predicted octanol–water partition coefficient (Wildman–Crippen LogP) is 3.99. The van der Waals surface area contributed by atoms with Crippen LogP contribution in [0.2, 0.25) is 0 Å². The topological polar surface area (TPSA) is 47.6 Å². The number of benzene rings is 3. The lowest BCUT2D eigenvalue weighted by Crippen LogP contribution is -2.37. The quantitative estimate of drug-likeness (QED) is 0.778. The maximum atomic E-state index is 13.4. The van der Waals surface area contributed by atoms with E-state index in [1.54, 1.807) is 14.2 Å². The number of nitrogens with one attached hydrogen (secondary N) is 1. The molecule has 3 aromatic carbocycles. The van der Waals surface area contributed by atoms with Gasteiger partial charge in [0.2, 0.25) is 5.91 Å². The Morgan fingerprint density at radius 1 is 0.808 bits per heavy atom. The summed E-state index contributed by atoms with van der Waals surface area (Å²) in [7, 11) is 3.21. The van der Waals surface area contributed by atoms with Crippen molar-refractivity contribution in [3.63, 3.8) is 0 Å². The molecule has 1 aliphatic rings. The van der Waals surface area contributed by atoms with E-state index in [0.717, 1.165) is 16.7 Å². The average molecular weight is 345 g/mol. The second-order valence-electron chi connectivity index (χ2n) is 6.19. The lowest BCUT2D eigenvalue weighted by atomic mass is 9.70. The van der Waals surface area contributed by atoms with Crippen LogP contribution in [0.25, 0.3) is 0 Å². The Labute approximate surface area is 152 Å². The Hall–Kier alpha value is -3.27. The maximum Gasteiger partial charge on any atom is 0.244 e. The van der Waals surface area contributed by atoms with Gasteiger partial charge in [0.25, 0.3) is 0 Å². The molecule has 0 bridgehead atoms. The maximum absolute atomic E-state index is 13.4. The van der Waals surface area contributed by atoms with Crippen molar-refractivity contribution in [3.05, 3.63) is 89.5 Å². The van der Waals surface area contributed by atoms with Crippen LogP contribution in [0.4, 0.5) is 5.69 Å². The number of ether oxygens (including phenoxy) is 2. The molecule has 4 nitrogen and oxygen atoms in total. The van der Waals surface area contributed by atoms with Gasteiger partial charge in [-0.1, -0.05) is 60.7 Å². The van der Waals surface area contributed by atoms with Crippen LogP contribution in [0.15, 0.2) is 72.8 Å². The molecule has 1 N–H and O–H groups in total. The third-order valence-electron chi connectivity index (χ3n) is 4.91. The molecular weight excluding hydrogens is 326 g/mol. The van der Waals surface area contributed by atoms with Gasteiger partial charge in [-0.3, -0.25) is 4.79 Å². The molecule has 0 aromatic heterocycles. The Kier molecular flexibility index (Phi) is 3.88. The van der Waals surface area contributed by atoms with E-state index < -0.39 is 5.41 Å². The summed E-state index contributed by atoms with van der Waals surface area (Å²) in [5.74, 6) is 1.15. The normalized spacial score (nSPS) is 14.5. The molecule has 3 aromatic rings. The smallest absolute Gasteiger partial charge is 0.244 e. The molecule has 0 fully saturated rings. The third kappa shape index (κ3) is 2.19. The van der Waals surface area contributed by atoms with Crippen LogP contribution in [0.1, 0.15) is 16.7 Å². The Bertz CT molecular complexity index is 912. The van der Waals surface area contributed by atoms with Crippen molar-refractivity contribution in [1.29, 1.82) is 0 Å². The van der Waals surface area contributed by atoms with Gasteiger partial charge in [0.05, 0.1) is 19.9 Å². The molecule has 0 radical (unpaired) electrons. The standard InChI is InChI=1S/C22H19NO3/c1-25-17-13-18-20(19(14-17)26-2)22(21(24)23-18,15-9-5-3-6-10-15)16-11-7-4-8-12-16/h3-14H,1-2H3,(H,23,24). The highest BCUT2D eigenvalue weighted by Crippen LogP contribution is 2.52. The van der Waals surface area contributed by atoms with Gasteiger partial charge < -0.3 is 14.8 Å². The number of hydrogen-bond donors (Lipinski definition) is 1. The summed E-state index contributed by atoms with van der Waals surface area (Å²) in [6, 6.07) is 23.2. The van der Waals surface area contributed by atoms with E-state index in [-0.39, 0.29) is 5.91 Å². The van der Waals surface area contributed by atoms with Crippen molar-refractivity contribution in [2.45, 2.75) is 5.41 Å². The highest BCUT2D eigenvalue weighted by molar-refractivity contribution is 6.12. The number of carbonyl (C=O) groups is 1. The predicted molar refractivity (Wildman–Crippen MR) is 101 cm³/mol. The monoisotopic (exact) mass is 345 g/mol. The Morgan fingerprint density at radius 2 is 1.38 bits per heavy atom. The van der Waals surface area contributed by atoms with Crippen LogP contribution in [0.5, 0.6) is 11.5 Å². The molecule has 0 aliphatic carbocycles. The molecule has 1 aliphatic heterocycles. The Morgan fingerprint density at radius 3 is 1.88 bits per heavy atom. The number of amides is 1. The molecule has 130 valence electrons. The van der Waals surface area contributed by atoms with Gasteiger partial charge in [-0.05, 0) is 11.1 Å². The number of rotatable bonds is 4. The minimum atomic E-state index is -0.977. The van der Waals surface area contributed by atoms with Crippen molar-refractivity contribution in [2.24, 2.45) is 0 Å². The van der Waals surface area contributed by atoms with Crippen LogP contribution >= 0.6 is 0 Å². The summed E-state index contributed by atoms with van der Waals surface area (Å²) in [5.41, 5.74) is 2.33. The number of carbonyl (C=O) groups excluding carboxylic acids is 1. The minimum absolute atomic E-state index is 0.101. The summed E-state index contributed by atoms with van der Waals surface area (Å²) >= 11 is 0. The van der Waals surface area contributed by atoms with E-state index in [4.69, 9.17) is 9.47 Å². The minimum Gasteiger partial charge on any atom is -0.497 e. The van der Waals surface area contributed by atoms with Gasteiger partial charge in [0, 0.05) is 17.7 Å². The molecule has 4 heteroatoms. The molecule has 0 unspecified atom stereocenters. The lowest BCUT2D eigenvalue weighted by Gasteiger charge is -2.30. The molecule has 26 heavy (non-hydrogen) atoms. The van der Waals surface area contributed by atoms with Gasteiger partial charge in [0.15, 0.2) is 0 Å². The zero-order valence-corrected chi connectivity index (χ0v) is 14.7. The van der Waals surface area contributed by atoms with E-state index >= 15 is 0 Å². The zero-order valence-electron chi connectivity index (χ0n) is 14.7. The van der Waals surface area contributed by atoms with Crippen LogP contribution in [-0.4, -0.2) is 20.1 Å². The first-order valence-corrected chi connectivity index (χ1v) is 8.40. The van der Waals surface area contributed by atoms with Crippen LogP contribution in [-0.2, 0) is 10.2 Å². The zero-order chi connectivity index (χ0) is 18.1. The summed E-state index contributed by atoms with van der Waals surface area (Å²) in [6.07, 6.45) is 0. The number of methoxy groups -OCH3 is 2. The molecular formula is C22H19NO3. The fourth-order valence-corrected chi connectivity index (χ4v) is 3.78. The molecule has 0 saturated heterocycles. The first-order chi connectivity index (χ1) is 12.7. The average Bonchev–Trinajstić information content (AvgIpc) is 3.01. The van der Waals surface area contributed by atoms with E-state index in [1.165, 1.54) is 0 Å². The fraction of sp³-hybridized carbons (Fsp3) is 0.136. The Balaban J connectivity index is 2.11. The van der Waals surface area contributed by atoms with E-state index in [9.17, 15) is 4.79 Å². The van der Waals surface area contributed by atoms with Crippen molar-refractivity contribution < 1.29 is 14.3 Å². The van der Waals surface area contributed by atoms with Gasteiger partial charge >= 0.3 is 0 Å². The van der Waals surface area contributed by atoms with Crippen molar-refractivity contribution in [2.75, 3.05) is 19.5 Å². The highest BCUT2D eigenvalue weighted by Gasteiger charge is 2.51. The second kappa shape index (κ2) is 6.23. The summed E-state index contributed by atoms with van der Waals surface area (Å²) < 4.78 is 11.0. The highest BCUT2D eigenvalue weighted by atomic mass is 16.5. The van der Waals surface area contributed by atoms with Crippen molar-refractivity contribution in [1.82, 2.24) is 0 Å². The van der Waals surface area contributed by atoms with Crippen molar-refractivity contribution in [3.8, 4) is 11.5 Å². The first kappa shape index (κ1) is 16.2. The van der Waals surface area contributed by atoms with Gasteiger partial charge in [-0.2, -0.15) is 0 Å². The van der Waals surface area contributed by atoms with E-state index in [2.05, 4.69) is 5.32 Å². The number of hydrogen-bond acceptors (Lipinski definition) is 3. The summed E-state index contributed by atoms with van der Waals surface area (Å²) in [6.45, 7) is 0. The van der Waals surface area contributed by atoms with Gasteiger partial charge in [-0.15, -0.1) is 0 Å². The van der Waals surface area contributed by atoms with Crippen LogP contribution in [0, 0.1) is 0 Å². The van der Waals surface area contributed by atoms with E-state index in [0.29, 0.717) is 17.2 Å². The molecule has 0 atom stereocenters. The van der Waals surface area contributed by atoms with Crippen LogP contribution < -0.4 is 14.8 Å². The third-order valence-corrected chi connectivity index (χ3v) is 4.91. The molecule has 1 amide bonds. The molecule has 0 spiro atoms. The first-order valence-electron chi connectivity index (χ1n) is 8.40. The van der Waals surface area contributed by atoms with Crippen molar-refractivity contribution >= 4 is 11.6 Å². The molecule has 1 heterocycles. The SMILES string of the molecule is COc1cc2c(c(OC)c1)C(c1ccccc1)(c1ccccc1)C(=O)N2. The second-order valence-corrected chi connectivity index (χ2v) is 6.19. The molecule has 4 rings (SSSR count). The summed E-state index contributed by atoms with van der Waals surface area (Å²) in [4.78, 5) is 13.4. The summed E-state index contributed by atoms with van der Waals surface area (Å²) in [5, 5.41) is 3.04. The number of fused-ring (bicyclic) bond motifs is 1. The van der Waals surface area contributed by atoms with Gasteiger partial charge in [-0.25, -0.2) is 0 Å². The lowest BCUT2D eigenvalue weighted by molar-refractivity contribution is -0.118. The van der Waals surface area contributed by atoms with Gasteiger partial charge in [0.1, 0.15) is 16.9 Å². The largest absolute Gasteiger partial charge is 0.497 e. The molecule has 0 saturated carbocycles. The van der Waals surface area contributed by atoms with E-state index in [1.807, 2.05) is 72.8 Å². The van der Waals surface area contributed by atoms with Crippen LogP contribution in [0.3, 0.4) is 0 Å².